The molecule has 3 heteroatoms. The largest absolute Gasteiger partial charge is 0.355 e. The Kier molecular flexibility index (Phi) is 4.00. The molecule has 0 aromatic rings. The molecule has 0 atom stereocenters. The number of rotatable bonds is 6. The van der Waals surface area contributed by atoms with Crippen LogP contribution in [0.5, 0.6) is 0 Å². The fourth-order valence-electron chi connectivity index (χ4n) is 3.44. The first-order valence-electron chi connectivity index (χ1n) is 7.50. The molecule has 2 aliphatic carbocycles. The van der Waals surface area contributed by atoms with Crippen molar-refractivity contribution in [2.75, 3.05) is 13.1 Å². The standard InChI is InChI=1S/C15H28N2O/c1-12(2)9-15(5-3-4-6-15)13(18)17-11-14(10-16)7-8-14/h12H,3-11,16H2,1-2H3,(H,17,18). The van der Waals surface area contributed by atoms with Crippen LogP contribution >= 0.6 is 0 Å². The van der Waals surface area contributed by atoms with Crippen LogP contribution in [0.2, 0.25) is 0 Å². The van der Waals surface area contributed by atoms with Crippen LogP contribution in [0.1, 0.15) is 58.8 Å². The summed E-state index contributed by atoms with van der Waals surface area (Å²) in [4.78, 5) is 12.5. The predicted molar refractivity (Wildman–Crippen MR) is 74.1 cm³/mol. The zero-order valence-electron chi connectivity index (χ0n) is 11.9. The normalized spacial score (nSPS) is 24.2. The van der Waals surface area contributed by atoms with E-state index in [1.54, 1.807) is 0 Å². The average Bonchev–Trinajstić information content (AvgIpc) is 2.98. The minimum absolute atomic E-state index is 0.0706. The lowest BCUT2D eigenvalue weighted by atomic mass is 9.77. The Labute approximate surface area is 111 Å². The van der Waals surface area contributed by atoms with Crippen molar-refractivity contribution in [1.82, 2.24) is 5.32 Å². The number of hydrogen-bond acceptors (Lipinski definition) is 2. The Morgan fingerprint density at radius 3 is 2.28 bits per heavy atom. The molecule has 2 saturated carbocycles. The maximum absolute atomic E-state index is 12.5. The molecule has 0 radical (unpaired) electrons. The molecule has 0 bridgehead atoms. The van der Waals surface area contributed by atoms with Gasteiger partial charge in [0.25, 0.3) is 0 Å². The van der Waals surface area contributed by atoms with E-state index in [1.807, 2.05) is 0 Å². The molecule has 0 aliphatic heterocycles. The molecule has 18 heavy (non-hydrogen) atoms. The minimum Gasteiger partial charge on any atom is -0.355 e. The van der Waals surface area contributed by atoms with Gasteiger partial charge in [0, 0.05) is 12.0 Å². The lowest BCUT2D eigenvalue weighted by Gasteiger charge is -2.30. The summed E-state index contributed by atoms with van der Waals surface area (Å²) in [6.07, 6.45) is 7.97. The summed E-state index contributed by atoms with van der Waals surface area (Å²) in [7, 11) is 0. The van der Waals surface area contributed by atoms with Gasteiger partial charge < -0.3 is 11.1 Å². The maximum Gasteiger partial charge on any atom is 0.226 e. The molecule has 0 aromatic carbocycles. The third-order valence-corrected chi connectivity index (χ3v) is 4.86. The summed E-state index contributed by atoms with van der Waals surface area (Å²) < 4.78 is 0. The zero-order chi connectivity index (χ0) is 13.2. The minimum atomic E-state index is -0.0706. The van der Waals surface area contributed by atoms with Gasteiger partial charge in [-0.05, 0) is 50.0 Å². The smallest absolute Gasteiger partial charge is 0.226 e. The van der Waals surface area contributed by atoms with Gasteiger partial charge in [-0.15, -0.1) is 0 Å². The van der Waals surface area contributed by atoms with Gasteiger partial charge in [-0.1, -0.05) is 26.7 Å². The van der Waals surface area contributed by atoms with Gasteiger partial charge in [-0.3, -0.25) is 4.79 Å². The Morgan fingerprint density at radius 1 is 1.22 bits per heavy atom. The Morgan fingerprint density at radius 2 is 1.83 bits per heavy atom. The molecule has 0 aromatic heterocycles. The number of nitrogens with one attached hydrogen (secondary N) is 1. The topological polar surface area (TPSA) is 55.1 Å². The molecule has 0 unspecified atom stereocenters. The molecule has 2 fully saturated rings. The van der Waals surface area contributed by atoms with Crippen molar-refractivity contribution in [3.05, 3.63) is 0 Å². The average molecular weight is 252 g/mol. The van der Waals surface area contributed by atoms with E-state index in [-0.39, 0.29) is 10.8 Å². The van der Waals surface area contributed by atoms with Gasteiger partial charge in [0.1, 0.15) is 0 Å². The molecule has 0 saturated heterocycles. The van der Waals surface area contributed by atoms with Gasteiger partial charge in [0.15, 0.2) is 0 Å². The number of nitrogens with two attached hydrogens (primary N) is 1. The van der Waals surface area contributed by atoms with Crippen LogP contribution in [-0.2, 0) is 4.79 Å². The Bertz CT molecular complexity index is 302. The van der Waals surface area contributed by atoms with Gasteiger partial charge in [0.2, 0.25) is 5.91 Å². The van der Waals surface area contributed by atoms with E-state index in [0.29, 0.717) is 18.4 Å². The van der Waals surface area contributed by atoms with Crippen LogP contribution in [0.4, 0.5) is 0 Å². The second-order valence-corrected chi connectivity index (χ2v) is 6.97. The summed E-state index contributed by atoms with van der Waals surface area (Å²) in [5, 5.41) is 3.21. The molecule has 1 amide bonds. The van der Waals surface area contributed by atoms with Gasteiger partial charge in [0.05, 0.1) is 0 Å². The summed E-state index contributed by atoms with van der Waals surface area (Å²) in [5.41, 5.74) is 5.94. The maximum atomic E-state index is 12.5. The molecule has 2 rings (SSSR count). The van der Waals surface area contributed by atoms with Crippen molar-refractivity contribution in [3.63, 3.8) is 0 Å². The second-order valence-electron chi connectivity index (χ2n) is 6.97. The predicted octanol–water partition coefficient (Wildman–Crippen LogP) is 2.45. The van der Waals surface area contributed by atoms with Crippen LogP contribution in [0, 0.1) is 16.7 Å². The van der Waals surface area contributed by atoms with Crippen molar-refractivity contribution in [3.8, 4) is 0 Å². The van der Waals surface area contributed by atoms with Crippen LogP contribution in [-0.4, -0.2) is 19.0 Å². The fourth-order valence-corrected chi connectivity index (χ4v) is 3.44. The summed E-state index contributed by atoms with van der Waals surface area (Å²) in [6.45, 7) is 5.94. The number of carbonyl (C=O) groups is 1. The highest BCUT2D eigenvalue weighted by Gasteiger charge is 2.45. The molecule has 2 aliphatic rings. The van der Waals surface area contributed by atoms with Crippen molar-refractivity contribution in [1.29, 1.82) is 0 Å². The third-order valence-electron chi connectivity index (χ3n) is 4.86. The monoisotopic (exact) mass is 252 g/mol. The van der Waals surface area contributed by atoms with E-state index < -0.39 is 0 Å². The number of carbonyl (C=O) groups excluding carboxylic acids is 1. The van der Waals surface area contributed by atoms with Crippen molar-refractivity contribution >= 4 is 5.91 Å². The molecule has 3 nitrogen and oxygen atoms in total. The van der Waals surface area contributed by atoms with Crippen molar-refractivity contribution in [2.45, 2.75) is 58.8 Å². The quantitative estimate of drug-likeness (QED) is 0.763. The van der Waals surface area contributed by atoms with E-state index in [9.17, 15) is 4.79 Å². The first-order chi connectivity index (χ1) is 8.52. The van der Waals surface area contributed by atoms with E-state index >= 15 is 0 Å². The Balaban J connectivity index is 1.92. The highest BCUT2D eigenvalue weighted by molar-refractivity contribution is 5.83. The summed E-state index contributed by atoms with van der Waals surface area (Å²) in [6, 6.07) is 0. The van der Waals surface area contributed by atoms with Crippen LogP contribution in [0.15, 0.2) is 0 Å². The number of amides is 1. The third kappa shape index (κ3) is 2.87. The van der Waals surface area contributed by atoms with Crippen molar-refractivity contribution in [2.24, 2.45) is 22.5 Å². The summed E-state index contributed by atoms with van der Waals surface area (Å²) >= 11 is 0. The van der Waals surface area contributed by atoms with Gasteiger partial charge in [-0.25, -0.2) is 0 Å². The van der Waals surface area contributed by atoms with Gasteiger partial charge in [-0.2, -0.15) is 0 Å². The SMILES string of the molecule is CC(C)CC1(C(=O)NCC2(CN)CC2)CCCC1. The highest BCUT2D eigenvalue weighted by atomic mass is 16.2. The van der Waals surface area contributed by atoms with E-state index in [4.69, 9.17) is 5.73 Å². The lowest BCUT2D eigenvalue weighted by Crippen LogP contribution is -2.43. The molecular formula is C15H28N2O. The highest BCUT2D eigenvalue weighted by Crippen LogP contribution is 2.46. The zero-order valence-corrected chi connectivity index (χ0v) is 11.9. The van der Waals surface area contributed by atoms with Crippen LogP contribution < -0.4 is 11.1 Å². The first-order valence-corrected chi connectivity index (χ1v) is 7.50. The molecule has 3 N–H and O–H groups in total. The lowest BCUT2D eigenvalue weighted by molar-refractivity contribution is -0.132. The van der Waals surface area contributed by atoms with E-state index in [1.165, 1.54) is 25.7 Å². The first kappa shape index (κ1) is 13.9. The molecular weight excluding hydrogens is 224 g/mol. The molecule has 104 valence electrons. The second kappa shape index (κ2) is 5.20. The fraction of sp³-hybridized carbons (Fsp3) is 0.933. The van der Waals surface area contributed by atoms with Crippen LogP contribution in [0.3, 0.4) is 0 Å². The van der Waals surface area contributed by atoms with Crippen molar-refractivity contribution < 1.29 is 4.79 Å². The molecule has 0 heterocycles. The molecule has 0 spiro atoms. The summed E-state index contributed by atoms with van der Waals surface area (Å²) in [5.74, 6) is 0.895. The van der Waals surface area contributed by atoms with Crippen LogP contribution in [0.25, 0.3) is 0 Å². The van der Waals surface area contributed by atoms with E-state index in [2.05, 4.69) is 19.2 Å². The number of hydrogen-bond donors (Lipinski definition) is 2. The van der Waals surface area contributed by atoms with Gasteiger partial charge >= 0.3 is 0 Å². The van der Waals surface area contributed by atoms with E-state index in [0.717, 1.165) is 25.8 Å². The Hall–Kier alpha value is -0.570.